The van der Waals surface area contributed by atoms with Crippen LogP contribution in [-0.2, 0) is 16.6 Å². The molecule has 142 valence electrons. The molecule has 0 radical (unpaired) electrons. The molecule has 8 nitrogen and oxygen atoms in total. The predicted molar refractivity (Wildman–Crippen MR) is 103 cm³/mol. The molecular weight excluding hydrogens is 400 g/mol. The fourth-order valence-electron chi connectivity index (χ4n) is 2.79. The molecule has 4 heterocycles. The van der Waals surface area contributed by atoms with Crippen LogP contribution in [0.5, 0.6) is 0 Å². The van der Waals surface area contributed by atoms with Crippen LogP contribution in [0.15, 0.2) is 52.9 Å². The Hall–Kier alpha value is -3.11. The molecule has 0 spiro atoms. The van der Waals surface area contributed by atoms with Crippen molar-refractivity contribution in [3.63, 3.8) is 0 Å². The first-order valence-electron chi connectivity index (χ1n) is 8.21. The molecule has 4 rings (SSSR count). The molecule has 0 atom stereocenters. The Morgan fingerprint density at radius 2 is 1.89 bits per heavy atom. The van der Waals surface area contributed by atoms with E-state index in [0.717, 1.165) is 16.2 Å². The molecule has 3 aromatic heterocycles. The van der Waals surface area contributed by atoms with Gasteiger partial charge in [0.1, 0.15) is 15.7 Å². The molecule has 10 heteroatoms. The van der Waals surface area contributed by atoms with Crippen molar-refractivity contribution < 1.29 is 18.0 Å². The van der Waals surface area contributed by atoms with Crippen LogP contribution in [0.3, 0.4) is 0 Å². The molecule has 1 aliphatic rings. The highest BCUT2D eigenvalue weighted by Gasteiger charge is 2.36. The highest BCUT2D eigenvalue weighted by molar-refractivity contribution is 7.94. The monoisotopic (exact) mass is 414 g/mol. The van der Waals surface area contributed by atoms with Crippen LogP contribution in [0.25, 0.3) is 0 Å². The fraction of sp³-hybridized carbons (Fsp3) is 0.111. The zero-order valence-electron chi connectivity index (χ0n) is 14.6. The second-order valence-corrected chi connectivity index (χ2v) is 9.16. The molecule has 0 bridgehead atoms. The molecule has 0 fully saturated rings. The van der Waals surface area contributed by atoms with E-state index in [0.29, 0.717) is 10.6 Å². The summed E-state index contributed by atoms with van der Waals surface area (Å²) < 4.78 is 27.6. The van der Waals surface area contributed by atoms with Crippen LogP contribution in [0, 0.1) is 6.92 Å². The van der Waals surface area contributed by atoms with E-state index in [1.807, 2.05) is 0 Å². The van der Waals surface area contributed by atoms with E-state index in [-0.39, 0.29) is 27.8 Å². The third-order valence-corrected chi connectivity index (χ3v) is 6.99. The van der Waals surface area contributed by atoms with Crippen LogP contribution < -0.4 is 4.72 Å². The summed E-state index contributed by atoms with van der Waals surface area (Å²) in [5.41, 5.74) is 1.06. The first kappa shape index (κ1) is 18.3. The topological polar surface area (TPSA) is 109 Å². The Labute approximate surface area is 164 Å². The van der Waals surface area contributed by atoms with Crippen LogP contribution in [0.1, 0.15) is 31.4 Å². The number of anilines is 1. The van der Waals surface area contributed by atoms with Gasteiger partial charge in [0.2, 0.25) is 0 Å². The number of hydrogen-bond acceptors (Lipinski definition) is 7. The first-order chi connectivity index (χ1) is 13.3. The number of fused-ring (bicyclic) bond motifs is 1. The minimum absolute atomic E-state index is 0.0170. The van der Waals surface area contributed by atoms with E-state index >= 15 is 0 Å². The lowest BCUT2D eigenvalue weighted by molar-refractivity contribution is 0.0642. The minimum Gasteiger partial charge on any atom is -0.268 e. The zero-order chi connectivity index (χ0) is 19.9. The summed E-state index contributed by atoms with van der Waals surface area (Å²) in [4.78, 5) is 34.5. The Bertz CT molecular complexity index is 1170. The molecule has 0 saturated carbocycles. The van der Waals surface area contributed by atoms with Crippen molar-refractivity contribution in [1.29, 1.82) is 0 Å². The third-order valence-electron chi connectivity index (χ3n) is 4.07. The highest BCUT2D eigenvalue weighted by Crippen LogP contribution is 2.28. The summed E-state index contributed by atoms with van der Waals surface area (Å²) in [7, 11) is -3.82. The van der Waals surface area contributed by atoms with E-state index in [1.165, 1.54) is 12.3 Å². The maximum absolute atomic E-state index is 12.6. The van der Waals surface area contributed by atoms with E-state index in [1.54, 1.807) is 43.3 Å². The molecule has 2 amide bonds. The molecule has 1 aliphatic heterocycles. The smallest absolute Gasteiger partial charge is 0.268 e. The van der Waals surface area contributed by atoms with Gasteiger partial charge >= 0.3 is 0 Å². The number of nitrogens with one attached hydrogen (secondary N) is 1. The maximum atomic E-state index is 12.6. The van der Waals surface area contributed by atoms with Gasteiger partial charge in [-0.25, -0.2) is 13.4 Å². The number of hydrogen-bond donors (Lipinski definition) is 1. The number of pyridine rings is 2. The number of nitrogens with zero attached hydrogens (tertiary/aromatic N) is 3. The second-order valence-electron chi connectivity index (χ2n) is 6.09. The second kappa shape index (κ2) is 6.80. The SMILES string of the molecule is Cc1cccc(NS(=O)(=O)c2ccc(CN3C(=O)c4cccnc4C3=O)s2)n1. The van der Waals surface area contributed by atoms with Gasteiger partial charge in [-0.3, -0.25) is 24.2 Å². The van der Waals surface area contributed by atoms with E-state index < -0.39 is 21.8 Å². The molecule has 0 aromatic carbocycles. The van der Waals surface area contributed by atoms with Gasteiger partial charge in [0.05, 0.1) is 12.1 Å². The minimum atomic E-state index is -3.82. The number of sulfonamides is 1. The maximum Gasteiger partial charge on any atom is 0.280 e. The van der Waals surface area contributed by atoms with Crippen molar-refractivity contribution in [2.75, 3.05) is 4.72 Å². The van der Waals surface area contributed by atoms with Gasteiger partial charge in [-0.05, 0) is 43.3 Å². The average Bonchev–Trinajstić information content (AvgIpc) is 3.22. The summed E-state index contributed by atoms with van der Waals surface area (Å²) in [5.74, 6) is -0.699. The van der Waals surface area contributed by atoms with Crippen molar-refractivity contribution in [1.82, 2.24) is 14.9 Å². The predicted octanol–water partition coefficient (Wildman–Crippen LogP) is 2.44. The normalized spacial score (nSPS) is 13.7. The molecular formula is C18H14N4O4S2. The van der Waals surface area contributed by atoms with Crippen molar-refractivity contribution in [3.8, 4) is 0 Å². The first-order valence-corrected chi connectivity index (χ1v) is 10.5. The van der Waals surface area contributed by atoms with Crippen LogP contribution in [-0.4, -0.2) is 35.1 Å². The van der Waals surface area contributed by atoms with Crippen LogP contribution in [0.2, 0.25) is 0 Å². The standard InChI is InChI=1S/C18H14N4O4S2/c1-11-4-2-6-14(20-11)21-28(25,26)15-8-7-12(27-15)10-22-17(23)13-5-3-9-19-16(13)18(22)24/h2-9H,10H2,1H3,(H,20,21). The Balaban J connectivity index is 1.54. The van der Waals surface area contributed by atoms with Crippen molar-refractivity contribution in [2.24, 2.45) is 0 Å². The summed E-state index contributed by atoms with van der Waals surface area (Å²) in [6.07, 6.45) is 1.45. The van der Waals surface area contributed by atoms with Gasteiger partial charge in [0.15, 0.2) is 0 Å². The summed E-state index contributed by atoms with van der Waals surface area (Å²) in [6, 6.07) is 11.2. The number of rotatable bonds is 5. The van der Waals surface area contributed by atoms with Gasteiger partial charge in [-0.1, -0.05) is 6.07 Å². The van der Waals surface area contributed by atoms with Crippen molar-refractivity contribution in [2.45, 2.75) is 17.7 Å². The molecule has 0 aliphatic carbocycles. The van der Waals surface area contributed by atoms with Crippen molar-refractivity contribution in [3.05, 3.63) is 70.5 Å². The van der Waals surface area contributed by atoms with Gasteiger partial charge in [0.25, 0.3) is 21.8 Å². The Kier molecular flexibility index (Phi) is 4.44. The van der Waals surface area contributed by atoms with Gasteiger partial charge in [-0.15, -0.1) is 11.3 Å². The average molecular weight is 414 g/mol. The highest BCUT2D eigenvalue weighted by atomic mass is 32.2. The van der Waals surface area contributed by atoms with Crippen molar-refractivity contribution >= 4 is 39.0 Å². The van der Waals surface area contributed by atoms with Crippen LogP contribution in [0.4, 0.5) is 5.82 Å². The van der Waals surface area contributed by atoms with Gasteiger partial charge in [-0.2, -0.15) is 0 Å². The lowest BCUT2D eigenvalue weighted by atomic mass is 10.2. The quantitative estimate of drug-likeness (QED) is 0.642. The number of thiophene rings is 1. The van der Waals surface area contributed by atoms with E-state index in [2.05, 4.69) is 14.7 Å². The number of carbonyl (C=O) groups is 2. The number of aromatic nitrogens is 2. The largest absolute Gasteiger partial charge is 0.280 e. The molecule has 1 N–H and O–H groups in total. The molecule has 0 unspecified atom stereocenters. The lowest BCUT2D eigenvalue weighted by Crippen LogP contribution is -2.28. The summed E-state index contributed by atoms with van der Waals surface area (Å²) >= 11 is 0.988. The molecule has 3 aromatic rings. The Morgan fingerprint density at radius 1 is 1.07 bits per heavy atom. The molecule has 28 heavy (non-hydrogen) atoms. The van der Waals surface area contributed by atoms with Gasteiger partial charge in [0, 0.05) is 16.8 Å². The zero-order valence-corrected chi connectivity index (χ0v) is 16.3. The Morgan fingerprint density at radius 3 is 2.64 bits per heavy atom. The number of aryl methyl sites for hydroxylation is 1. The van der Waals surface area contributed by atoms with E-state index in [9.17, 15) is 18.0 Å². The third kappa shape index (κ3) is 3.27. The lowest BCUT2D eigenvalue weighted by Gasteiger charge is -2.11. The molecule has 0 saturated heterocycles. The number of carbonyl (C=O) groups excluding carboxylic acids is 2. The number of amides is 2. The van der Waals surface area contributed by atoms with E-state index in [4.69, 9.17) is 0 Å². The fourth-order valence-corrected chi connectivity index (χ4v) is 5.13. The summed E-state index contributed by atoms with van der Waals surface area (Å²) in [5, 5.41) is 0. The number of imide groups is 1. The van der Waals surface area contributed by atoms with Crippen LogP contribution >= 0.6 is 11.3 Å². The summed E-state index contributed by atoms with van der Waals surface area (Å²) in [6.45, 7) is 1.74. The van der Waals surface area contributed by atoms with Gasteiger partial charge < -0.3 is 0 Å².